The molecule has 0 atom stereocenters. The summed E-state index contributed by atoms with van der Waals surface area (Å²) in [6, 6.07) is 7.02. The first-order valence-electron chi connectivity index (χ1n) is 10.3. The Labute approximate surface area is 186 Å². The van der Waals surface area contributed by atoms with Crippen LogP contribution < -0.4 is 5.32 Å². The first kappa shape index (κ1) is 22.7. The van der Waals surface area contributed by atoms with Gasteiger partial charge in [0.2, 0.25) is 11.1 Å². The first-order chi connectivity index (χ1) is 14.9. The van der Waals surface area contributed by atoms with E-state index in [2.05, 4.69) is 20.4 Å². The number of benzene rings is 1. The zero-order valence-corrected chi connectivity index (χ0v) is 19.4. The minimum atomic E-state index is -0.0925. The predicted molar refractivity (Wildman–Crippen MR) is 123 cm³/mol. The zero-order chi connectivity index (χ0) is 22.5. The van der Waals surface area contributed by atoms with Crippen LogP contribution in [0.3, 0.4) is 0 Å². The van der Waals surface area contributed by atoms with Gasteiger partial charge in [-0.25, -0.2) is 9.50 Å². The molecule has 3 rings (SSSR count). The van der Waals surface area contributed by atoms with Crippen LogP contribution in [0.1, 0.15) is 47.6 Å². The second-order valence-corrected chi connectivity index (χ2v) is 7.95. The molecule has 0 spiro atoms. The highest BCUT2D eigenvalue weighted by Crippen LogP contribution is 2.19. The summed E-state index contributed by atoms with van der Waals surface area (Å²) in [6.07, 6.45) is 2.80. The number of carbonyl (C=O) groups is 2. The van der Waals surface area contributed by atoms with Crippen molar-refractivity contribution >= 4 is 35.0 Å². The van der Waals surface area contributed by atoms with Crippen molar-refractivity contribution in [3.63, 3.8) is 0 Å². The summed E-state index contributed by atoms with van der Waals surface area (Å²) in [5.74, 6) is 0.478. The average Bonchev–Trinajstić information content (AvgIpc) is 3.18. The number of anilines is 1. The second kappa shape index (κ2) is 9.91. The smallest absolute Gasteiger partial charge is 0.253 e. The van der Waals surface area contributed by atoms with E-state index in [1.165, 1.54) is 11.8 Å². The first-order valence-corrected chi connectivity index (χ1v) is 11.6. The molecule has 3 aromatic rings. The molecule has 0 bridgehead atoms. The van der Waals surface area contributed by atoms with Crippen molar-refractivity contribution in [2.45, 2.75) is 45.7 Å². The molecule has 0 aliphatic heterocycles. The Morgan fingerprint density at radius 3 is 2.39 bits per heavy atom. The molecule has 0 unspecified atom stereocenters. The van der Waals surface area contributed by atoms with E-state index in [4.69, 9.17) is 0 Å². The fourth-order valence-electron chi connectivity index (χ4n) is 3.49. The van der Waals surface area contributed by atoms with E-state index in [1.54, 1.807) is 33.7 Å². The standard InChI is InChI=1S/C22H28N6O2S/c1-6-27(7-2)20(30)16-8-10-17(11-9-16)24-19(29)13-12-18-14(3)23-21-25-22(31-5)26-28(21)15(18)4/h8-11H,6-7,12-13H2,1-5H3,(H,24,29). The van der Waals surface area contributed by atoms with Crippen molar-refractivity contribution in [1.82, 2.24) is 24.5 Å². The summed E-state index contributed by atoms with van der Waals surface area (Å²) in [5, 5.41) is 8.03. The van der Waals surface area contributed by atoms with E-state index < -0.39 is 0 Å². The third kappa shape index (κ3) is 5.04. The Balaban J connectivity index is 1.65. The molecule has 9 heteroatoms. The average molecular weight is 441 g/mol. The molecule has 0 radical (unpaired) electrons. The normalized spacial score (nSPS) is 11.0. The molecule has 2 amide bonds. The topological polar surface area (TPSA) is 92.5 Å². The van der Waals surface area contributed by atoms with Crippen LogP contribution >= 0.6 is 11.8 Å². The molecule has 0 aliphatic carbocycles. The summed E-state index contributed by atoms with van der Waals surface area (Å²) in [6.45, 7) is 9.15. The van der Waals surface area contributed by atoms with E-state index in [0.29, 0.717) is 48.1 Å². The van der Waals surface area contributed by atoms with Crippen LogP contribution in [0, 0.1) is 13.8 Å². The van der Waals surface area contributed by atoms with Gasteiger partial charge in [0.25, 0.3) is 11.7 Å². The van der Waals surface area contributed by atoms with E-state index in [1.807, 2.05) is 34.0 Å². The van der Waals surface area contributed by atoms with Gasteiger partial charge >= 0.3 is 0 Å². The molecule has 2 heterocycles. The van der Waals surface area contributed by atoms with Gasteiger partial charge in [-0.2, -0.15) is 4.98 Å². The lowest BCUT2D eigenvalue weighted by Crippen LogP contribution is -2.30. The Kier molecular flexibility index (Phi) is 7.27. The fraction of sp³-hybridized carbons (Fsp3) is 0.409. The van der Waals surface area contributed by atoms with Gasteiger partial charge in [-0.05, 0) is 70.2 Å². The fourth-order valence-corrected chi connectivity index (χ4v) is 3.83. The molecule has 8 nitrogen and oxygen atoms in total. The number of amides is 2. The van der Waals surface area contributed by atoms with Crippen molar-refractivity contribution in [2.75, 3.05) is 24.7 Å². The van der Waals surface area contributed by atoms with Crippen LogP contribution in [0.4, 0.5) is 5.69 Å². The second-order valence-electron chi connectivity index (χ2n) is 7.17. The van der Waals surface area contributed by atoms with Gasteiger partial charge in [0, 0.05) is 42.1 Å². The Morgan fingerprint density at radius 2 is 1.77 bits per heavy atom. The van der Waals surface area contributed by atoms with Crippen LogP contribution in [0.15, 0.2) is 29.4 Å². The molecule has 0 saturated heterocycles. The SMILES string of the molecule is CCN(CC)C(=O)c1ccc(NC(=O)CCc2c(C)nc3nc(SC)nn3c2C)cc1. The highest BCUT2D eigenvalue weighted by Gasteiger charge is 2.15. The highest BCUT2D eigenvalue weighted by molar-refractivity contribution is 7.98. The molecule has 31 heavy (non-hydrogen) atoms. The number of hydrogen-bond acceptors (Lipinski definition) is 6. The molecule has 2 aromatic heterocycles. The van der Waals surface area contributed by atoms with Gasteiger partial charge in [0.05, 0.1) is 0 Å². The van der Waals surface area contributed by atoms with Crippen LogP contribution in [0.25, 0.3) is 5.78 Å². The maximum absolute atomic E-state index is 12.5. The van der Waals surface area contributed by atoms with Crippen molar-refractivity contribution in [3.05, 3.63) is 46.8 Å². The van der Waals surface area contributed by atoms with Crippen molar-refractivity contribution in [2.24, 2.45) is 0 Å². The summed E-state index contributed by atoms with van der Waals surface area (Å²) in [4.78, 5) is 35.6. The van der Waals surface area contributed by atoms with Crippen LogP contribution in [0.5, 0.6) is 0 Å². The molecule has 0 saturated carbocycles. The summed E-state index contributed by atoms with van der Waals surface area (Å²) >= 11 is 1.47. The number of aryl methyl sites for hydroxylation is 2. The van der Waals surface area contributed by atoms with Crippen LogP contribution in [-0.2, 0) is 11.2 Å². The number of fused-ring (bicyclic) bond motifs is 1. The Hall–Kier alpha value is -2.94. The quantitative estimate of drug-likeness (QED) is 0.539. The van der Waals surface area contributed by atoms with Gasteiger partial charge < -0.3 is 10.2 Å². The van der Waals surface area contributed by atoms with Gasteiger partial charge in [-0.1, -0.05) is 11.8 Å². The van der Waals surface area contributed by atoms with Gasteiger partial charge in [-0.15, -0.1) is 5.10 Å². The van der Waals surface area contributed by atoms with E-state index in [0.717, 1.165) is 17.0 Å². The third-order valence-corrected chi connectivity index (χ3v) is 5.82. The molecular weight excluding hydrogens is 412 g/mol. The number of hydrogen-bond donors (Lipinski definition) is 1. The van der Waals surface area contributed by atoms with Crippen molar-refractivity contribution in [1.29, 1.82) is 0 Å². The van der Waals surface area contributed by atoms with Crippen molar-refractivity contribution < 1.29 is 9.59 Å². The highest BCUT2D eigenvalue weighted by atomic mass is 32.2. The lowest BCUT2D eigenvalue weighted by Gasteiger charge is -2.18. The molecule has 1 N–H and O–H groups in total. The van der Waals surface area contributed by atoms with E-state index >= 15 is 0 Å². The van der Waals surface area contributed by atoms with Gasteiger partial charge in [-0.3, -0.25) is 9.59 Å². The molecule has 0 fully saturated rings. The summed E-state index contributed by atoms with van der Waals surface area (Å²) < 4.78 is 1.73. The van der Waals surface area contributed by atoms with E-state index in [-0.39, 0.29) is 11.8 Å². The number of nitrogens with zero attached hydrogens (tertiary/aromatic N) is 5. The van der Waals surface area contributed by atoms with Crippen molar-refractivity contribution in [3.8, 4) is 0 Å². The largest absolute Gasteiger partial charge is 0.339 e. The zero-order valence-electron chi connectivity index (χ0n) is 18.6. The number of carbonyl (C=O) groups excluding carboxylic acids is 2. The predicted octanol–water partition coefficient (Wildman–Crippen LogP) is 3.52. The Bertz CT molecular complexity index is 1090. The van der Waals surface area contributed by atoms with Gasteiger partial charge in [0.15, 0.2) is 0 Å². The summed E-state index contributed by atoms with van der Waals surface area (Å²) in [5.41, 5.74) is 4.09. The summed E-state index contributed by atoms with van der Waals surface area (Å²) in [7, 11) is 0. The number of rotatable bonds is 8. The third-order valence-electron chi connectivity index (χ3n) is 5.28. The lowest BCUT2D eigenvalue weighted by molar-refractivity contribution is -0.116. The van der Waals surface area contributed by atoms with Crippen LogP contribution in [0.2, 0.25) is 0 Å². The molecule has 1 aromatic carbocycles. The Morgan fingerprint density at radius 1 is 1.10 bits per heavy atom. The minimum Gasteiger partial charge on any atom is -0.339 e. The minimum absolute atomic E-state index is 0.00513. The van der Waals surface area contributed by atoms with Crippen LogP contribution in [-0.4, -0.2) is 55.6 Å². The number of aromatic nitrogens is 4. The molecule has 164 valence electrons. The monoisotopic (exact) mass is 440 g/mol. The molecule has 0 aliphatic rings. The van der Waals surface area contributed by atoms with Gasteiger partial charge in [0.1, 0.15) is 0 Å². The number of thioether (sulfide) groups is 1. The maximum Gasteiger partial charge on any atom is 0.253 e. The number of nitrogens with one attached hydrogen (secondary N) is 1. The van der Waals surface area contributed by atoms with E-state index in [9.17, 15) is 9.59 Å². The lowest BCUT2D eigenvalue weighted by atomic mass is 10.1. The molecular formula is C22H28N6O2S. The maximum atomic E-state index is 12.5.